The van der Waals surface area contributed by atoms with Gasteiger partial charge in [-0.3, -0.25) is 0 Å². The van der Waals surface area contributed by atoms with Crippen LogP contribution >= 0.6 is 0 Å². The number of para-hydroxylation sites is 1. The van der Waals surface area contributed by atoms with E-state index in [1.165, 1.54) is 12.8 Å². The first-order valence-electron chi connectivity index (χ1n) is 6.58. The molecular formula is C15H17N3O. The number of nitrogens with zero attached hydrogens (tertiary/aromatic N) is 2. The van der Waals surface area contributed by atoms with Gasteiger partial charge >= 0.3 is 0 Å². The average Bonchev–Trinajstić information content (AvgIpc) is 2.47. The van der Waals surface area contributed by atoms with E-state index in [9.17, 15) is 0 Å². The van der Waals surface area contributed by atoms with Gasteiger partial charge in [0.2, 0.25) is 0 Å². The molecule has 0 aliphatic heterocycles. The van der Waals surface area contributed by atoms with E-state index >= 15 is 0 Å². The molecule has 0 bridgehead atoms. The van der Waals surface area contributed by atoms with E-state index in [0.717, 1.165) is 35.4 Å². The maximum atomic E-state index is 6.08. The molecule has 0 fully saturated rings. The lowest BCUT2D eigenvalue weighted by atomic mass is 9.96. The summed E-state index contributed by atoms with van der Waals surface area (Å²) in [6.07, 6.45) is 4.33. The van der Waals surface area contributed by atoms with Gasteiger partial charge in [0.05, 0.1) is 12.7 Å². The number of aryl methyl sites for hydroxylation is 1. The van der Waals surface area contributed by atoms with Gasteiger partial charge < -0.3 is 10.5 Å². The van der Waals surface area contributed by atoms with Crippen molar-refractivity contribution in [2.24, 2.45) is 0 Å². The van der Waals surface area contributed by atoms with E-state index in [-0.39, 0.29) is 0 Å². The summed E-state index contributed by atoms with van der Waals surface area (Å²) in [4.78, 5) is 9.13. The molecule has 0 spiro atoms. The van der Waals surface area contributed by atoms with Gasteiger partial charge in [-0.15, -0.1) is 0 Å². The van der Waals surface area contributed by atoms with Crippen LogP contribution in [-0.2, 0) is 12.8 Å². The second kappa shape index (κ2) is 4.88. The molecule has 4 heteroatoms. The van der Waals surface area contributed by atoms with Gasteiger partial charge in [-0.2, -0.15) is 0 Å². The highest BCUT2D eigenvalue weighted by molar-refractivity contribution is 5.66. The molecule has 1 aromatic carbocycles. The van der Waals surface area contributed by atoms with Crippen LogP contribution in [0, 0.1) is 0 Å². The Bertz CT molecular complexity index is 610. The van der Waals surface area contributed by atoms with Crippen molar-refractivity contribution in [2.75, 3.05) is 12.8 Å². The van der Waals surface area contributed by atoms with Gasteiger partial charge in [-0.1, -0.05) is 12.1 Å². The second-order valence-corrected chi connectivity index (χ2v) is 4.77. The molecule has 19 heavy (non-hydrogen) atoms. The number of ether oxygens (including phenoxy) is 1. The average molecular weight is 255 g/mol. The molecule has 0 amide bonds. The highest BCUT2D eigenvalue weighted by Crippen LogP contribution is 2.31. The third-order valence-electron chi connectivity index (χ3n) is 3.56. The Kier molecular flexibility index (Phi) is 3.07. The van der Waals surface area contributed by atoms with Gasteiger partial charge in [0.25, 0.3) is 0 Å². The fourth-order valence-corrected chi connectivity index (χ4v) is 2.57. The third kappa shape index (κ3) is 2.14. The van der Waals surface area contributed by atoms with Crippen LogP contribution in [-0.4, -0.2) is 17.1 Å². The Balaban J connectivity index is 2.13. The lowest BCUT2D eigenvalue weighted by Crippen LogP contribution is -2.12. The number of anilines is 1. The lowest BCUT2D eigenvalue weighted by molar-refractivity contribution is 0.416. The van der Waals surface area contributed by atoms with Gasteiger partial charge in [-0.25, -0.2) is 9.97 Å². The monoisotopic (exact) mass is 255 g/mol. The van der Waals surface area contributed by atoms with E-state index in [4.69, 9.17) is 10.5 Å². The Morgan fingerprint density at radius 3 is 2.74 bits per heavy atom. The zero-order valence-corrected chi connectivity index (χ0v) is 11.0. The zero-order chi connectivity index (χ0) is 13.2. The van der Waals surface area contributed by atoms with Crippen molar-refractivity contribution in [2.45, 2.75) is 25.7 Å². The number of aromatic nitrogens is 2. The zero-order valence-electron chi connectivity index (χ0n) is 11.0. The number of hydrogen-bond donors (Lipinski definition) is 1. The molecule has 2 aromatic rings. The van der Waals surface area contributed by atoms with Crippen LogP contribution in [0.2, 0.25) is 0 Å². The maximum absolute atomic E-state index is 6.08. The molecule has 0 unspecified atom stereocenters. The van der Waals surface area contributed by atoms with E-state index in [1.807, 2.05) is 24.3 Å². The molecule has 4 nitrogen and oxygen atoms in total. The second-order valence-electron chi connectivity index (χ2n) is 4.77. The normalized spacial score (nSPS) is 13.9. The smallest absolute Gasteiger partial charge is 0.165 e. The van der Waals surface area contributed by atoms with E-state index < -0.39 is 0 Å². The first-order chi connectivity index (χ1) is 9.29. The van der Waals surface area contributed by atoms with Crippen molar-refractivity contribution in [3.05, 3.63) is 35.5 Å². The largest absolute Gasteiger partial charge is 0.496 e. The van der Waals surface area contributed by atoms with Crippen molar-refractivity contribution in [3.8, 4) is 17.1 Å². The molecule has 98 valence electrons. The van der Waals surface area contributed by atoms with Crippen molar-refractivity contribution < 1.29 is 4.74 Å². The van der Waals surface area contributed by atoms with Crippen LogP contribution in [0.1, 0.15) is 24.1 Å². The summed E-state index contributed by atoms with van der Waals surface area (Å²) in [5.74, 6) is 2.05. The van der Waals surface area contributed by atoms with Crippen LogP contribution in [0.5, 0.6) is 5.75 Å². The number of nitrogens with two attached hydrogens (primary N) is 1. The van der Waals surface area contributed by atoms with Gasteiger partial charge in [0, 0.05) is 11.3 Å². The Morgan fingerprint density at radius 2 is 1.89 bits per heavy atom. The van der Waals surface area contributed by atoms with Crippen LogP contribution < -0.4 is 10.5 Å². The van der Waals surface area contributed by atoms with Crippen molar-refractivity contribution in [1.29, 1.82) is 0 Å². The fraction of sp³-hybridized carbons (Fsp3) is 0.333. The van der Waals surface area contributed by atoms with Crippen LogP contribution in [0.15, 0.2) is 24.3 Å². The molecule has 1 aliphatic carbocycles. The SMILES string of the molecule is COc1ccccc1-c1nc(N)c2c(n1)CCCC2. The summed E-state index contributed by atoms with van der Waals surface area (Å²) in [6.45, 7) is 0. The summed E-state index contributed by atoms with van der Waals surface area (Å²) >= 11 is 0. The minimum absolute atomic E-state index is 0.616. The van der Waals surface area contributed by atoms with Gasteiger partial charge in [0.1, 0.15) is 11.6 Å². The molecule has 0 atom stereocenters. The molecule has 0 radical (unpaired) electrons. The Hall–Kier alpha value is -2.10. The number of hydrogen-bond acceptors (Lipinski definition) is 4. The van der Waals surface area contributed by atoms with E-state index in [2.05, 4.69) is 9.97 Å². The van der Waals surface area contributed by atoms with E-state index in [0.29, 0.717) is 11.6 Å². The highest BCUT2D eigenvalue weighted by Gasteiger charge is 2.18. The molecule has 3 rings (SSSR count). The minimum atomic E-state index is 0.616. The first-order valence-corrected chi connectivity index (χ1v) is 6.58. The van der Waals surface area contributed by atoms with Crippen molar-refractivity contribution in [1.82, 2.24) is 9.97 Å². The number of nitrogen functional groups attached to an aromatic ring is 1. The van der Waals surface area contributed by atoms with Crippen LogP contribution in [0.25, 0.3) is 11.4 Å². The number of benzene rings is 1. The quantitative estimate of drug-likeness (QED) is 0.896. The van der Waals surface area contributed by atoms with Crippen molar-refractivity contribution >= 4 is 5.82 Å². The van der Waals surface area contributed by atoms with Gasteiger partial charge in [-0.05, 0) is 37.8 Å². The van der Waals surface area contributed by atoms with Gasteiger partial charge in [0.15, 0.2) is 5.82 Å². The summed E-state index contributed by atoms with van der Waals surface area (Å²) < 4.78 is 5.36. The summed E-state index contributed by atoms with van der Waals surface area (Å²) in [5, 5.41) is 0. The lowest BCUT2D eigenvalue weighted by Gasteiger charge is -2.17. The third-order valence-corrected chi connectivity index (χ3v) is 3.56. The predicted octanol–water partition coefficient (Wildman–Crippen LogP) is 2.61. The minimum Gasteiger partial charge on any atom is -0.496 e. The number of rotatable bonds is 2. The molecule has 1 aliphatic rings. The Morgan fingerprint density at radius 1 is 1.11 bits per heavy atom. The van der Waals surface area contributed by atoms with Crippen LogP contribution in [0.4, 0.5) is 5.82 Å². The molecule has 0 saturated carbocycles. The molecular weight excluding hydrogens is 238 g/mol. The summed E-state index contributed by atoms with van der Waals surface area (Å²) in [7, 11) is 1.65. The standard InChI is InChI=1S/C15H17N3O/c1-19-13-9-5-3-7-11(13)15-17-12-8-4-2-6-10(12)14(16)18-15/h3,5,7,9H,2,4,6,8H2,1H3,(H2,16,17,18). The maximum Gasteiger partial charge on any atom is 0.165 e. The summed E-state index contributed by atoms with van der Waals surface area (Å²) in [6, 6.07) is 7.76. The van der Waals surface area contributed by atoms with Crippen LogP contribution in [0.3, 0.4) is 0 Å². The predicted molar refractivity (Wildman–Crippen MR) is 75.1 cm³/mol. The molecule has 0 saturated heterocycles. The van der Waals surface area contributed by atoms with E-state index in [1.54, 1.807) is 7.11 Å². The molecule has 1 heterocycles. The number of fused-ring (bicyclic) bond motifs is 1. The summed E-state index contributed by atoms with van der Waals surface area (Å²) in [5.41, 5.74) is 9.20. The topological polar surface area (TPSA) is 61.0 Å². The molecule has 2 N–H and O–H groups in total. The fourth-order valence-electron chi connectivity index (χ4n) is 2.57. The first kappa shape index (κ1) is 12.0. The number of methoxy groups -OCH3 is 1. The Labute approximate surface area is 112 Å². The molecule has 1 aromatic heterocycles. The highest BCUT2D eigenvalue weighted by atomic mass is 16.5. The van der Waals surface area contributed by atoms with Crippen molar-refractivity contribution in [3.63, 3.8) is 0 Å².